The van der Waals surface area contributed by atoms with Gasteiger partial charge in [0.25, 0.3) is 0 Å². The van der Waals surface area contributed by atoms with Crippen LogP contribution in [-0.2, 0) is 9.47 Å². The molecule has 30 heavy (non-hydrogen) atoms. The van der Waals surface area contributed by atoms with Crippen LogP contribution in [0, 0.1) is 0 Å². The minimum atomic E-state index is -1.03. The van der Waals surface area contributed by atoms with E-state index < -0.39 is 24.4 Å². The van der Waals surface area contributed by atoms with Crippen LogP contribution in [0.25, 0.3) is 0 Å². The third kappa shape index (κ3) is 13.8. The van der Waals surface area contributed by atoms with Crippen molar-refractivity contribution in [2.45, 2.75) is 128 Å². The van der Waals surface area contributed by atoms with Crippen molar-refractivity contribution >= 4 is 0 Å². The summed E-state index contributed by atoms with van der Waals surface area (Å²) < 4.78 is 10.7. The summed E-state index contributed by atoms with van der Waals surface area (Å²) in [4.78, 5) is 0. The minimum Gasteiger partial charge on any atom is -0.388 e. The molecule has 0 aromatic rings. The number of aliphatic hydroxyl groups is 3. The highest BCUT2D eigenvalue weighted by atomic mass is 16.5. The SMILES string of the molecule is CCCCC/C=C/CCCCCCCCCCCCOC[C@H](O)[C@@H]1OC[C@@H](O)[C@@H]1O. The quantitative estimate of drug-likeness (QED) is 0.190. The molecular weight excluding hydrogens is 380 g/mol. The van der Waals surface area contributed by atoms with Crippen molar-refractivity contribution in [3.05, 3.63) is 12.2 Å². The van der Waals surface area contributed by atoms with Crippen molar-refractivity contribution in [3.8, 4) is 0 Å². The van der Waals surface area contributed by atoms with E-state index in [2.05, 4.69) is 19.1 Å². The van der Waals surface area contributed by atoms with Gasteiger partial charge >= 0.3 is 0 Å². The van der Waals surface area contributed by atoms with Crippen LogP contribution in [-0.4, -0.2) is 59.6 Å². The maximum Gasteiger partial charge on any atom is 0.114 e. The van der Waals surface area contributed by atoms with Gasteiger partial charge in [0, 0.05) is 6.61 Å². The first kappa shape index (κ1) is 27.6. The molecule has 1 rings (SSSR count). The Morgan fingerprint density at radius 3 is 1.90 bits per heavy atom. The van der Waals surface area contributed by atoms with Crippen molar-refractivity contribution in [1.82, 2.24) is 0 Å². The highest BCUT2D eigenvalue weighted by Gasteiger charge is 2.39. The summed E-state index contributed by atoms with van der Waals surface area (Å²) in [6, 6.07) is 0. The molecular formula is C25H48O5. The average molecular weight is 429 g/mol. The van der Waals surface area contributed by atoms with Crippen LogP contribution in [0.15, 0.2) is 12.2 Å². The van der Waals surface area contributed by atoms with E-state index in [4.69, 9.17) is 9.47 Å². The summed E-state index contributed by atoms with van der Waals surface area (Å²) >= 11 is 0. The Bertz CT molecular complexity index is 401. The second-order valence-electron chi connectivity index (χ2n) is 8.79. The second kappa shape index (κ2) is 19.2. The van der Waals surface area contributed by atoms with Crippen LogP contribution < -0.4 is 0 Å². The van der Waals surface area contributed by atoms with Crippen molar-refractivity contribution in [3.63, 3.8) is 0 Å². The molecule has 0 amide bonds. The predicted molar refractivity (Wildman–Crippen MR) is 123 cm³/mol. The third-order valence-corrected chi connectivity index (χ3v) is 5.91. The molecule has 1 saturated heterocycles. The summed E-state index contributed by atoms with van der Waals surface area (Å²) in [6.07, 6.45) is 20.5. The number of allylic oxidation sites excluding steroid dienone is 2. The fraction of sp³-hybridized carbons (Fsp3) is 0.920. The van der Waals surface area contributed by atoms with E-state index in [9.17, 15) is 15.3 Å². The topological polar surface area (TPSA) is 79.2 Å². The van der Waals surface area contributed by atoms with Crippen molar-refractivity contribution in [2.75, 3.05) is 19.8 Å². The predicted octanol–water partition coefficient (Wildman–Crippen LogP) is 4.91. The molecule has 5 nitrogen and oxygen atoms in total. The van der Waals surface area contributed by atoms with Gasteiger partial charge in [-0.2, -0.15) is 0 Å². The molecule has 1 aliphatic rings. The van der Waals surface area contributed by atoms with Gasteiger partial charge in [0.05, 0.1) is 13.2 Å². The van der Waals surface area contributed by atoms with Crippen molar-refractivity contribution < 1.29 is 24.8 Å². The summed E-state index contributed by atoms with van der Waals surface area (Å²) in [5.41, 5.74) is 0. The van der Waals surface area contributed by atoms with Gasteiger partial charge in [-0.3, -0.25) is 0 Å². The first-order chi connectivity index (χ1) is 14.7. The largest absolute Gasteiger partial charge is 0.388 e. The average Bonchev–Trinajstić information content (AvgIpc) is 3.08. The van der Waals surface area contributed by atoms with Gasteiger partial charge in [0.1, 0.15) is 24.4 Å². The van der Waals surface area contributed by atoms with E-state index in [1.54, 1.807) is 0 Å². The molecule has 0 bridgehead atoms. The number of aliphatic hydroxyl groups excluding tert-OH is 3. The molecule has 5 heteroatoms. The Kier molecular flexibility index (Phi) is 17.7. The number of hydrogen-bond donors (Lipinski definition) is 3. The molecule has 178 valence electrons. The molecule has 0 unspecified atom stereocenters. The van der Waals surface area contributed by atoms with Crippen LogP contribution in [0.4, 0.5) is 0 Å². The Labute approximate surface area is 184 Å². The maximum absolute atomic E-state index is 9.96. The molecule has 0 radical (unpaired) electrons. The van der Waals surface area contributed by atoms with Crippen LogP contribution in [0.3, 0.4) is 0 Å². The molecule has 1 fully saturated rings. The highest BCUT2D eigenvalue weighted by Crippen LogP contribution is 2.18. The molecule has 0 aromatic carbocycles. The summed E-state index contributed by atoms with van der Waals surface area (Å²) in [6.45, 7) is 3.08. The van der Waals surface area contributed by atoms with Gasteiger partial charge in [-0.25, -0.2) is 0 Å². The fourth-order valence-corrected chi connectivity index (χ4v) is 3.89. The molecule has 1 aliphatic heterocycles. The lowest BCUT2D eigenvalue weighted by molar-refractivity contribution is -0.0813. The van der Waals surface area contributed by atoms with Gasteiger partial charge in [0.2, 0.25) is 0 Å². The van der Waals surface area contributed by atoms with Gasteiger partial charge < -0.3 is 24.8 Å². The molecule has 0 saturated carbocycles. The zero-order valence-electron chi connectivity index (χ0n) is 19.4. The first-order valence-corrected chi connectivity index (χ1v) is 12.5. The van der Waals surface area contributed by atoms with Crippen LogP contribution in [0.2, 0.25) is 0 Å². The van der Waals surface area contributed by atoms with Crippen molar-refractivity contribution in [2.24, 2.45) is 0 Å². The summed E-state index contributed by atoms with van der Waals surface area (Å²) in [5.74, 6) is 0. The Balaban J connectivity index is 1.76. The van der Waals surface area contributed by atoms with E-state index in [0.29, 0.717) is 6.61 Å². The highest BCUT2D eigenvalue weighted by molar-refractivity contribution is 4.87. The Hall–Kier alpha value is -0.460. The smallest absolute Gasteiger partial charge is 0.114 e. The number of hydrogen-bond acceptors (Lipinski definition) is 5. The molecule has 0 aliphatic carbocycles. The van der Waals surface area contributed by atoms with E-state index in [1.165, 1.54) is 83.5 Å². The van der Waals surface area contributed by atoms with Gasteiger partial charge in [-0.1, -0.05) is 83.3 Å². The molecule has 0 aromatic heterocycles. The maximum atomic E-state index is 9.96. The Morgan fingerprint density at radius 1 is 0.833 bits per heavy atom. The van der Waals surface area contributed by atoms with Crippen LogP contribution >= 0.6 is 0 Å². The lowest BCUT2D eigenvalue weighted by Gasteiger charge is -2.20. The van der Waals surface area contributed by atoms with E-state index in [1.807, 2.05) is 0 Å². The lowest BCUT2D eigenvalue weighted by Crippen LogP contribution is -2.40. The fourth-order valence-electron chi connectivity index (χ4n) is 3.89. The number of rotatable bonds is 20. The Morgan fingerprint density at radius 2 is 1.37 bits per heavy atom. The zero-order chi connectivity index (χ0) is 21.9. The molecule has 4 atom stereocenters. The van der Waals surface area contributed by atoms with Gasteiger partial charge in [-0.15, -0.1) is 0 Å². The lowest BCUT2D eigenvalue weighted by atomic mass is 10.1. The number of ether oxygens (including phenoxy) is 2. The van der Waals surface area contributed by atoms with Gasteiger partial charge in [-0.05, 0) is 32.1 Å². The van der Waals surface area contributed by atoms with E-state index in [-0.39, 0.29) is 13.2 Å². The third-order valence-electron chi connectivity index (χ3n) is 5.91. The van der Waals surface area contributed by atoms with Gasteiger partial charge in [0.15, 0.2) is 0 Å². The second-order valence-corrected chi connectivity index (χ2v) is 8.79. The summed E-state index contributed by atoms with van der Waals surface area (Å²) in [7, 11) is 0. The van der Waals surface area contributed by atoms with E-state index >= 15 is 0 Å². The number of unbranched alkanes of at least 4 members (excludes halogenated alkanes) is 13. The summed E-state index contributed by atoms with van der Waals surface area (Å²) in [5, 5.41) is 29.1. The van der Waals surface area contributed by atoms with Crippen LogP contribution in [0.5, 0.6) is 0 Å². The van der Waals surface area contributed by atoms with E-state index in [0.717, 1.165) is 12.8 Å². The first-order valence-electron chi connectivity index (χ1n) is 12.5. The monoisotopic (exact) mass is 428 g/mol. The molecule has 1 heterocycles. The zero-order valence-corrected chi connectivity index (χ0v) is 19.4. The minimum absolute atomic E-state index is 0.0689. The molecule has 3 N–H and O–H groups in total. The standard InChI is InChI=1S/C25H48O5/c1-2-3-4-5-6-7-8-9-10-11-12-13-14-15-16-17-18-19-29-20-23(27)25-24(28)22(26)21-30-25/h6-7,22-28H,2-5,8-21H2,1H3/b7-6+/t22-,23+,24+,25+/m1/s1. The van der Waals surface area contributed by atoms with Crippen LogP contribution in [0.1, 0.15) is 103 Å². The van der Waals surface area contributed by atoms with Crippen molar-refractivity contribution in [1.29, 1.82) is 0 Å². The normalized spacial score (nSPS) is 22.9. The molecule has 0 spiro atoms.